The van der Waals surface area contributed by atoms with Crippen LogP contribution in [-0.2, 0) is 10.0 Å². The van der Waals surface area contributed by atoms with Crippen LogP contribution in [0, 0.1) is 5.82 Å². The van der Waals surface area contributed by atoms with E-state index >= 15 is 0 Å². The number of benzene rings is 1. The van der Waals surface area contributed by atoms with Crippen LogP contribution in [0.25, 0.3) is 0 Å². The van der Waals surface area contributed by atoms with Gasteiger partial charge in [-0.1, -0.05) is 11.6 Å². The average molecular weight is 302 g/mol. The third kappa shape index (κ3) is 2.94. The zero-order valence-electron chi connectivity index (χ0n) is 9.47. The molecule has 1 heterocycles. The number of nitrogen functional groups attached to an aromatic ring is 1. The topological polar surface area (TPSA) is 85.1 Å². The van der Waals surface area contributed by atoms with Gasteiger partial charge in [-0.3, -0.25) is 9.71 Å². The second-order valence-electron chi connectivity index (χ2n) is 3.64. The molecule has 1 aromatic heterocycles. The molecule has 0 atom stereocenters. The van der Waals surface area contributed by atoms with Crippen LogP contribution in [0.2, 0.25) is 5.02 Å². The highest BCUT2D eigenvalue weighted by molar-refractivity contribution is 7.92. The number of pyridine rings is 1. The Morgan fingerprint density at radius 3 is 2.68 bits per heavy atom. The highest BCUT2D eigenvalue weighted by Crippen LogP contribution is 2.24. The van der Waals surface area contributed by atoms with Crippen LogP contribution in [-0.4, -0.2) is 13.4 Å². The molecule has 2 rings (SSSR count). The predicted octanol–water partition coefficient (Wildman–Crippen LogP) is 2.26. The molecule has 0 bridgehead atoms. The molecule has 0 saturated heterocycles. The minimum absolute atomic E-state index is 0.0249. The molecule has 0 amide bonds. The number of hydrogen-bond acceptors (Lipinski definition) is 4. The molecular formula is C11H9ClFN3O2S. The summed E-state index contributed by atoms with van der Waals surface area (Å²) in [5, 5.41) is 0.168. The minimum Gasteiger partial charge on any atom is -0.398 e. The summed E-state index contributed by atoms with van der Waals surface area (Å²) in [5.41, 5.74) is 5.36. The van der Waals surface area contributed by atoms with E-state index in [1.54, 1.807) is 0 Å². The Labute approximate surface area is 114 Å². The van der Waals surface area contributed by atoms with Gasteiger partial charge in [0.15, 0.2) is 0 Å². The van der Waals surface area contributed by atoms with Gasteiger partial charge in [0.2, 0.25) is 0 Å². The summed E-state index contributed by atoms with van der Waals surface area (Å²) in [4.78, 5) is 3.46. The molecule has 0 aliphatic rings. The van der Waals surface area contributed by atoms with Gasteiger partial charge in [-0.05, 0) is 24.3 Å². The fourth-order valence-electron chi connectivity index (χ4n) is 1.39. The summed E-state index contributed by atoms with van der Waals surface area (Å²) in [7, 11) is -4.00. The molecule has 0 saturated carbocycles. The van der Waals surface area contributed by atoms with Crippen LogP contribution in [0.3, 0.4) is 0 Å². The largest absolute Gasteiger partial charge is 0.398 e. The first-order valence-corrected chi connectivity index (χ1v) is 6.93. The number of sulfonamides is 1. The molecule has 2 aromatic rings. The Morgan fingerprint density at radius 2 is 2.05 bits per heavy atom. The van der Waals surface area contributed by atoms with Gasteiger partial charge in [-0.15, -0.1) is 0 Å². The van der Waals surface area contributed by atoms with Crippen LogP contribution in [0.5, 0.6) is 0 Å². The summed E-state index contributed by atoms with van der Waals surface area (Å²) in [6.07, 6.45) is 2.45. The van der Waals surface area contributed by atoms with E-state index < -0.39 is 15.8 Å². The molecule has 0 radical (unpaired) electrons. The smallest absolute Gasteiger partial charge is 0.265 e. The van der Waals surface area contributed by atoms with Crippen molar-refractivity contribution >= 4 is 33.0 Å². The maximum atomic E-state index is 13.5. The van der Waals surface area contributed by atoms with Crippen molar-refractivity contribution in [1.29, 1.82) is 0 Å². The van der Waals surface area contributed by atoms with Crippen LogP contribution >= 0.6 is 11.6 Å². The fourth-order valence-corrected chi connectivity index (χ4v) is 2.69. The average Bonchev–Trinajstić information content (AvgIpc) is 2.33. The van der Waals surface area contributed by atoms with Crippen molar-refractivity contribution in [3.8, 4) is 0 Å². The highest BCUT2D eigenvalue weighted by Gasteiger charge is 2.19. The van der Waals surface area contributed by atoms with Crippen LogP contribution in [0.15, 0.2) is 41.6 Å². The lowest BCUT2D eigenvalue weighted by Crippen LogP contribution is -2.15. The van der Waals surface area contributed by atoms with Crippen molar-refractivity contribution in [3.05, 3.63) is 47.5 Å². The van der Waals surface area contributed by atoms with Gasteiger partial charge in [0, 0.05) is 17.4 Å². The minimum atomic E-state index is -4.00. The SMILES string of the molecule is Nc1ccncc1S(=O)(=O)Nc1ccc(Cl)cc1F. The Bertz CT molecular complexity index is 722. The molecule has 1 aromatic carbocycles. The maximum absolute atomic E-state index is 13.5. The molecule has 100 valence electrons. The summed E-state index contributed by atoms with van der Waals surface area (Å²) < 4.78 is 39.7. The first-order valence-electron chi connectivity index (χ1n) is 5.07. The first kappa shape index (κ1) is 13.6. The molecule has 8 heteroatoms. The molecule has 5 nitrogen and oxygen atoms in total. The number of aromatic nitrogens is 1. The Morgan fingerprint density at radius 1 is 1.32 bits per heavy atom. The van der Waals surface area contributed by atoms with Gasteiger partial charge < -0.3 is 5.73 Å². The van der Waals surface area contributed by atoms with Crippen molar-refractivity contribution in [2.45, 2.75) is 4.90 Å². The number of nitrogens with one attached hydrogen (secondary N) is 1. The third-order valence-corrected chi connectivity index (χ3v) is 3.93. The zero-order valence-corrected chi connectivity index (χ0v) is 11.0. The molecule has 0 aliphatic heterocycles. The van der Waals surface area contributed by atoms with E-state index in [0.717, 1.165) is 12.3 Å². The lowest BCUT2D eigenvalue weighted by Gasteiger charge is -2.10. The number of nitrogens with zero attached hydrogens (tertiary/aromatic N) is 1. The van der Waals surface area contributed by atoms with Crippen molar-refractivity contribution in [2.24, 2.45) is 0 Å². The highest BCUT2D eigenvalue weighted by atomic mass is 35.5. The fraction of sp³-hybridized carbons (Fsp3) is 0. The van der Waals surface area contributed by atoms with Gasteiger partial charge in [0.1, 0.15) is 10.7 Å². The third-order valence-electron chi connectivity index (χ3n) is 2.28. The lowest BCUT2D eigenvalue weighted by atomic mass is 10.3. The maximum Gasteiger partial charge on any atom is 0.265 e. The number of rotatable bonds is 3. The summed E-state index contributed by atoms with van der Waals surface area (Å²) >= 11 is 5.58. The van der Waals surface area contributed by atoms with Crippen LogP contribution in [0.1, 0.15) is 0 Å². The van der Waals surface area contributed by atoms with Crippen LogP contribution in [0.4, 0.5) is 15.8 Å². The quantitative estimate of drug-likeness (QED) is 0.910. The molecular weight excluding hydrogens is 293 g/mol. The Kier molecular flexibility index (Phi) is 3.59. The lowest BCUT2D eigenvalue weighted by molar-refractivity contribution is 0.598. The normalized spacial score (nSPS) is 11.3. The number of hydrogen-bond donors (Lipinski definition) is 2. The number of anilines is 2. The monoisotopic (exact) mass is 301 g/mol. The summed E-state index contributed by atoms with van der Waals surface area (Å²) in [6, 6.07) is 4.94. The van der Waals surface area contributed by atoms with Crippen molar-refractivity contribution < 1.29 is 12.8 Å². The molecule has 0 unspecified atom stereocenters. The van der Waals surface area contributed by atoms with Crippen molar-refractivity contribution in [2.75, 3.05) is 10.5 Å². The zero-order chi connectivity index (χ0) is 14.0. The van der Waals surface area contributed by atoms with E-state index in [1.165, 1.54) is 24.4 Å². The van der Waals surface area contributed by atoms with Crippen molar-refractivity contribution in [3.63, 3.8) is 0 Å². The van der Waals surface area contributed by atoms with Crippen molar-refractivity contribution in [1.82, 2.24) is 4.98 Å². The molecule has 0 spiro atoms. The molecule has 19 heavy (non-hydrogen) atoms. The van der Waals surface area contributed by atoms with Gasteiger partial charge in [0.25, 0.3) is 10.0 Å². The summed E-state index contributed by atoms with van der Waals surface area (Å²) in [5.74, 6) is -0.779. The second-order valence-corrected chi connectivity index (χ2v) is 5.73. The second kappa shape index (κ2) is 5.02. The standard InChI is InChI=1S/C11H9ClFN3O2S/c12-7-1-2-10(8(13)5-7)16-19(17,18)11-6-15-4-3-9(11)14/h1-6,16H,(H2,14,15). The predicted molar refractivity (Wildman–Crippen MR) is 70.9 cm³/mol. The molecule has 0 fully saturated rings. The Balaban J connectivity index is 2.40. The van der Waals surface area contributed by atoms with E-state index in [4.69, 9.17) is 17.3 Å². The van der Waals surface area contributed by atoms with Gasteiger partial charge in [-0.25, -0.2) is 12.8 Å². The van der Waals surface area contributed by atoms with Gasteiger partial charge in [-0.2, -0.15) is 0 Å². The van der Waals surface area contributed by atoms with Crippen LogP contribution < -0.4 is 10.5 Å². The number of halogens is 2. The first-order chi connectivity index (χ1) is 8.90. The Hall–Kier alpha value is -1.86. The van der Waals surface area contributed by atoms with Gasteiger partial charge >= 0.3 is 0 Å². The van der Waals surface area contributed by atoms with E-state index in [-0.39, 0.29) is 21.3 Å². The van der Waals surface area contributed by atoms with E-state index in [1.807, 2.05) is 0 Å². The molecule has 3 N–H and O–H groups in total. The summed E-state index contributed by atoms with van der Waals surface area (Å²) in [6.45, 7) is 0. The molecule has 0 aliphatic carbocycles. The number of nitrogens with two attached hydrogens (primary N) is 1. The van der Waals surface area contributed by atoms with Gasteiger partial charge in [0.05, 0.1) is 11.4 Å². The van der Waals surface area contributed by atoms with E-state index in [2.05, 4.69) is 9.71 Å². The van der Waals surface area contributed by atoms with E-state index in [9.17, 15) is 12.8 Å². The van der Waals surface area contributed by atoms with E-state index in [0.29, 0.717) is 0 Å².